The van der Waals surface area contributed by atoms with E-state index in [-0.39, 0.29) is 24.4 Å². The average molecular weight is 275 g/mol. The number of carbonyl (C=O) groups is 2. The molecule has 0 spiro atoms. The number of nitrogens with two attached hydrogens (primary N) is 1. The molecule has 1 atom stereocenters. The van der Waals surface area contributed by atoms with E-state index in [0.29, 0.717) is 0 Å². The molecule has 3 N–H and O–H groups in total. The Morgan fingerprint density at radius 3 is 2.45 bits per heavy atom. The van der Waals surface area contributed by atoms with Crippen molar-refractivity contribution in [3.8, 4) is 0 Å². The molecule has 0 bridgehead atoms. The predicted molar refractivity (Wildman–Crippen MR) is 78.2 cm³/mol. The molecule has 5 heteroatoms. The molecule has 1 aromatic rings. The van der Waals surface area contributed by atoms with Gasteiger partial charge in [-0.05, 0) is 38.0 Å². The molecule has 0 unspecified atom stereocenters. The molecule has 1 aromatic carbocycles. The van der Waals surface area contributed by atoms with E-state index in [1.54, 1.807) is 13.8 Å². The highest BCUT2D eigenvalue weighted by atomic mass is 16.2. The first-order valence-electron chi connectivity index (χ1n) is 6.83. The second-order valence-corrected chi connectivity index (χ2v) is 5.63. The Morgan fingerprint density at radius 1 is 1.30 bits per heavy atom. The molecule has 20 heavy (non-hydrogen) atoms. The van der Waals surface area contributed by atoms with Crippen LogP contribution < -0.4 is 16.0 Å². The fraction of sp³-hybridized carbons (Fsp3) is 0.467. The van der Waals surface area contributed by atoms with Crippen molar-refractivity contribution < 1.29 is 9.59 Å². The van der Waals surface area contributed by atoms with Crippen LogP contribution in [0.1, 0.15) is 38.8 Å². The van der Waals surface area contributed by atoms with E-state index in [4.69, 9.17) is 5.73 Å². The number of amides is 2. The fourth-order valence-corrected chi connectivity index (χ4v) is 2.33. The summed E-state index contributed by atoms with van der Waals surface area (Å²) in [7, 11) is 0. The van der Waals surface area contributed by atoms with Gasteiger partial charge in [0.25, 0.3) is 5.91 Å². The van der Waals surface area contributed by atoms with Gasteiger partial charge < -0.3 is 10.6 Å². The van der Waals surface area contributed by atoms with Crippen molar-refractivity contribution in [2.75, 3.05) is 11.4 Å². The number of anilines is 1. The highest BCUT2D eigenvalue weighted by molar-refractivity contribution is 6.06. The van der Waals surface area contributed by atoms with Gasteiger partial charge in [-0.2, -0.15) is 0 Å². The zero-order valence-corrected chi connectivity index (χ0v) is 12.1. The van der Waals surface area contributed by atoms with Gasteiger partial charge in [0.2, 0.25) is 5.91 Å². The Balaban J connectivity index is 2.30. The highest BCUT2D eigenvalue weighted by Gasteiger charge is 2.40. The molecule has 1 saturated heterocycles. The maximum atomic E-state index is 11.9. The molecule has 108 valence electrons. The van der Waals surface area contributed by atoms with Crippen LogP contribution in [0.2, 0.25) is 0 Å². The second-order valence-electron chi connectivity index (χ2n) is 5.63. The topological polar surface area (TPSA) is 75.4 Å². The normalized spacial score (nSPS) is 19.7. The maximum Gasteiger partial charge on any atom is 0.251 e. The zero-order valence-electron chi connectivity index (χ0n) is 12.1. The number of carbonyl (C=O) groups excluding carboxylic acids is 2. The Bertz CT molecular complexity index is 522. The smallest absolute Gasteiger partial charge is 0.251 e. The van der Waals surface area contributed by atoms with Gasteiger partial charge in [0, 0.05) is 11.7 Å². The van der Waals surface area contributed by atoms with E-state index in [1.165, 1.54) is 0 Å². The van der Waals surface area contributed by atoms with Crippen LogP contribution in [0, 0.1) is 0 Å². The maximum absolute atomic E-state index is 11.9. The van der Waals surface area contributed by atoms with Crippen molar-refractivity contribution in [2.45, 2.75) is 38.8 Å². The van der Waals surface area contributed by atoms with Crippen LogP contribution in [0.4, 0.5) is 5.69 Å². The van der Waals surface area contributed by atoms with E-state index in [1.807, 2.05) is 36.1 Å². The summed E-state index contributed by atoms with van der Waals surface area (Å²) in [5, 5.41) is 2.37. The van der Waals surface area contributed by atoms with Gasteiger partial charge in [0.05, 0.1) is 6.54 Å². The molecule has 2 rings (SSSR count). The van der Waals surface area contributed by atoms with Crippen molar-refractivity contribution in [1.29, 1.82) is 0 Å². The quantitative estimate of drug-likeness (QED) is 0.816. The van der Waals surface area contributed by atoms with Crippen molar-refractivity contribution in [3.05, 3.63) is 29.8 Å². The zero-order chi connectivity index (χ0) is 14.9. The van der Waals surface area contributed by atoms with Gasteiger partial charge in [0.15, 0.2) is 0 Å². The first-order chi connectivity index (χ1) is 9.36. The Morgan fingerprint density at radius 2 is 1.90 bits per heavy atom. The van der Waals surface area contributed by atoms with E-state index >= 15 is 0 Å². The molecule has 1 fully saturated rings. The Kier molecular flexibility index (Phi) is 3.81. The van der Waals surface area contributed by atoms with Crippen molar-refractivity contribution in [3.63, 3.8) is 0 Å². The molecular weight excluding hydrogens is 254 g/mol. The molecule has 1 aliphatic heterocycles. The van der Waals surface area contributed by atoms with Gasteiger partial charge >= 0.3 is 0 Å². The Hall–Kier alpha value is -1.88. The van der Waals surface area contributed by atoms with Crippen LogP contribution in [0.15, 0.2) is 24.3 Å². The van der Waals surface area contributed by atoms with Gasteiger partial charge in [-0.1, -0.05) is 19.1 Å². The number of nitrogens with one attached hydrogen (secondary N) is 1. The minimum atomic E-state index is -0.748. The monoisotopic (exact) mass is 275 g/mol. The van der Waals surface area contributed by atoms with Crippen LogP contribution in [0.25, 0.3) is 0 Å². The summed E-state index contributed by atoms with van der Waals surface area (Å²) in [6, 6.07) is 7.76. The average Bonchev–Trinajstić information content (AvgIpc) is 2.42. The molecular formula is C15H21N3O2. The predicted octanol–water partition coefficient (Wildman–Crippen LogP) is 1.34. The summed E-state index contributed by atoms with van der Waals surface area (Å²) in [4.78, 5) is 25.3. The number of piperazine rings is 1. The molecule has 1 heterocycles. The lowest BCUT2D eigenvalue weighted by Gasteiger charge is -2.41. The number of hydrogen-bond donors (Lipinski definition) is 2. The molecule has 0 saturated carbocycles. The minimum absolute atomic E-state index is 0.0170. The molecule has 2 amide bonds. The highest BCUT2D eigenvalue weighted by Crippen LogP contribution is 2.27. The molecule has 0 aliphatic carbocycles. The second kappa shape index (κ2) is 5.25. The summed E-state index contributed by atoms with van der Waals surface area (Å²) in [6.45, 7) is 5.83. The summed E-state index contributed by atoms with van der Waals surface area (Å²) < 4.78 is 0. The summed E-state index contributed by atoms with van der Waals surface area (Å²) in [5.41, 5.74) is 7.15. The SMILES string of the molecule is CC[C@H](N)c1ccc(N2CC(=O)NC(=O)C2(C)C)cc1. The number of nitrogens with zero attached hydrogens (tertiary/aromatic N) is 1. The van der Waals surface area contributed by atoms with Crippen LogP contribution in [0.5, 0.6) is 0 Å². The summed E-state index contributed by atoms with van der Waals surface area (Å²) >= 11 is 0. The first kappa shape index (κ1) is 14.5. The standard InChI is InChI=1S/C15H21N3O2/c1-4-12(16)10-5-7-11(8-6-10)18-9-13(19)17-14(20)15(18,2)3/h5-8,12H,4,9,16H2,1-3H3,(H,17,19,20)/t12-/m0/s1. The molecule has 1 aliphatic rings. The number of rotatable bonds is 3. The van der Waals surface area contributed by atoms with Crippen LogP contribution >= 0.6 is 0 Å². The van der Waals surface area contributed by atoms with E-state index in [0.717, 1.165) is 17.7 Å². The lowest BCUT2D eigenvalue weighted by atomic mass is 9.97. The fourth-order valence-electron chi connectivity index (χ4n) is 2.33. The number of hydrogen-bond acceptors (Lipinski definition) is 4. The van der Waals surface area contributed by atoms with Gasteiger partial charge in [-0.15, -0.1) is 0 Å². The van der Waals surface area contributed by atoms with E-state index in [9.17, 15) is 9.59 Å². The third kappa shape index (κ3) is 2.54. The third-order valence-corrected chi connectivity index (χ3v) is 3.86. The minimum Gasteiger partial charge on any atom is -0.348 e. The van der Waals surface area contributed by atoms with E-state index in [2.05, 4.69) is 5.32 Å². The molecule has 5 nitrogen and oxygen atoms in total. The van der Waals surface area contributed by atoms with Gasteiger partial charge in [-0.25, -0.2) is 0 Å². The molecule has 0 aromatic heterocycles. The largest absolute Gasteiger partial charge is 0.348 e. The van der Waals surface area contributed by atoms with Crippen molar-refractivity contribution in [1.82, 2.24) is 5.32 Å². The first-order valence-corrected chi connectivity index (χ1v) is 6.83. The van der Waals surface area contributed by atoms with Crippen LogP contribution in [0.3, 0.4) is 0 Å². The summed E-state index contributed by atoms with van der Waals surface area (Å²) in [5.74, 6) is -0.549. The van der Waals surface area contributed by atoms with Crippen molar-refractivity contribution >= 4 is 17.5 Å². The lowest BCUT2D eigenvalue weighted by molar-refractivity contribution is -0.135. The van der Waals surface area contributed by atoms with Gasteiger partial charge in [0.1, 0.15) is 5.54 Å². The van der Waals surface area contributed by atoms with Crippen LogP contribution in [-0.2, 0) is 9.59 Å². The Labute approximate surface area is 119 Å². The van der Waals surface area contributed by atoms with Gasteiger partial charge in [-0.3, -0.25) is 14.9 Å². The third-order valence-electron chi connectivity index (χ3n) is 3.86. The lowest BCUT2D eigenvalue weighted by Crippen LogP contribution is -2.64. The summed E-state index contributed by atoms with van der Waals surface area (Å²) in [6.07, 6.45) is 0.870. The molecule has 0 radical (unpaired) electrons. The van der Waals surface area contributed by atoms with Crippen LogP contribution in [-0.4, -0.2) is 23.9 Å². The van der Waals surface area contributed by atoms with E-state index < -0.39 is 5.54 Å². The van der Waals surface area contributed by atoms with Crippen molar-refractivity contribution in [2.24, 2.45) is 5.73 Å². The number of imide groups is 1. The number of benzene rings is 1.